The Balaban J connectivity index is 1.95. The van der Waals surface area contributed by atoms with Crippen LogP contribution < -0.4 is 4.90 Å². The molecule has 18 heavy (non-hydrogen) atoms. The van der Waals surface area contributed by atoms with E-state index in [-0.39, 0.29) is 5.91 Å². The molecule has 2 aromatic rings. The fourth-order valence-electron chi connectivity index (χ4n) is 2.17. The van der Waals surface area contributed by atoms with Crippen LogP contribution in [-0.4, -0.2) is 17.4 Å². The third-order valence-corrected chi connectivity index (χ3v) is 3.47. The highest BCUT2D eigenvalue weighted by molar-refractivity contribution is 9.10. The quantitative estimate of drug-likeness (QED) is 0.811. The maximum absolute atomic E-state index is 12.4. The molecule has 0 unspecified atom stereocenters. The van der Waals surface area contributed by atoms with Gasteiger partial charge in [0.2, 0.25) is 0 Å². The van der Waals surface area contributed by atoms with E-state index in [0.717, 1.165) is 22.3 Å². The molecule has 0 bridgehead atoms. The minimum atomic E-state index is 0.0178. The van der Waals surface area contributed by atoms with Crippen LogP contribution in [0.15, 0.2) is 47.1 Å². The number of hydrogen-bond donors (Lipinski definition) is 0. The van der Waals surface area contributed by atoms with E-state index in [1.807, 2.05) is 36.4 Å². The summed E-state index contributed by atoms with van der Waals surface area (Å²) in [4.78, 5) is 18.5. The molecule has 4 heteroatoms. The monoisotopic (exact) mass is 302 g/mol. The Kier molecular flexibility index (Phi) is 2.88. The van der Waals surface area contributed by atoms with E-state index >= 15 is 0 Å². The highest BCUT2D eigenvalue weighted by Gasteiger charge is 2.26. The number of amides is 1. The number of halogens is 1. The van der Waals surface area contributed by atoms with Crippen molar-refractivity contribution >= 4 is 27.7 Å². The zero-order valence-corrected chi connectivity index (χ0v) is 11.2. The van der Waals surface area contributed by atoms with E-state index in [9.17, 15) is 4.79 Å². The minimum Gasteiger partial charge on any atom is -0.292 e. The molecule has 1 aliphatic rings. The first-order valence-electron chi connectivity index (χ1n) is 5.77. The number of nitrogens with zero attached hydrogens (tertiary/aromatic N) is 2. The summed E-state index contributed by atoms with van der Waals surface area (Å²) in [5.41, 5.74) is 1.82. The van der Waals surface area contributed by atoms with Gasteiger partial charge in [0.15, 0.2) is 0 Å². The second kappa shape index (κ2) is 4.53. The fraction of sp³-hybridized carbons (Fsp3) is 0.143. The maximum Gasteiger partial charge on any atom is 0.259 e. The molecule has 0 atom stereocenters. The van der Waals surface area contributed by atoms with Gasteiger partial charge in [-0.1, -0.05) is 18.2 Å². The average Bonchev–Trinajstić information content (AvgIpc) is 2.81. The van der Waals surface area contributed by atoms with Gasteiger partial charge in [-0.25, -0.2) is 4.98 Å². The van der Waals surface area contributed by atoms with Crippen LogP contribution in [0.4, 0.5) is 5.82 Å². The van der Waals surface area contributed by atoms with Gasteiger partial charge < -0.3 is 0 Å². The summed E-state index contributed by atoms with van der Waals surface area (Å²) in [6.45, 7) is 0.701. The van der Waals surface area contributed by atoms with E-state index < -0.39 is 0 Å². The molecular weight excluding hydrogens is 292 g/mol. The second-order valence-corrected chi connectivity index (χ2v) is 5.12. The Morgan fingerprint density at radius 2 is 2.06 bits per heavy atom. The lowest BCUT2D eigenvalue weighted by Crippen LogP contribution is -2.29. The minimum absolute atomic E-state index is 0.0178. The predicted octanol–water partition coefficient (Wildman–Crippen LogP) is 3.05. The van der Waals surface area contributed by atoms with Crippen LogP contribution in [0.1, 0.15) is 15.9 Å². The maximum atomic E-state index is 12.4. The summed E-state index contributed by atoms with van der Waals surface area (Å²) in [6.07, 6.45) is 2.59. The van der Waals surface area contributed by atoms with Crippen LogP contribution in [0.5, 0.6) is 0 Å². The Morgan fingerprint density at radius 3 is 2.83 bits per heavy atom. The van der Waals surface area contributed by atoms with Crippen molar-refractivity contribution in [3.05, 3.63) is 58.2 Å². The topological polar surface area (TPSA) is 33.2 Å². The number of fused-ring (bicyclic) bond motifs is 1. The van der Waals surface area contributed by atoms with Gasteiger partial charge in [0.25, 0.3) is 5.91 Å². The largest absolute Gasteiger partial charge is 0.292 e. The van der Waals surface area contributed by atoms with Crippen molar-refractivity contribution in [1.82, 2.24) is 4.98 Å². The summed E-state index contributed by atoms with van der Waals surface area (Å²) in [6, 6.07) is 11.3. The number of carbonyl (C=O) groups excluding carboxylic acids is 1. The molecule has 1 aromatic heterocycles. The summed E-state index contributed by atoms with van der Waals surface area (Å²) in [5, 5.41) is 0. The van der Waals surface area contributed by atoms with Gasteiger partial charge in [-0.05, 0) is 46.1 Å². The van der Waals surface area contributed by atoms with Crippen molar-refractivity contribution in [2.45, 2.75) is 6.42 Å². The molecule has 1 amide bonds. The molecule has 0 saturated heterocycles. The highest BCUT2D eigenvalue weighted by atomic mass is 79.9. The predicted molar refractivity (Wildman–Crippen MR) is 73.8 cm³/mol. The molecule has 0 spiro atoms. The summed E-state index contributed by atoms with van der Waals surface area (Å²) >= 11 is 3.40. The van der Waals surface area contributed by atoms with E-state index in [4.69, 9.17) is 0 Å². The molecule has 3 rings (SSSR count). The zero-order chi connectivity index (χ0) is 12.5. The standard InChI is InChI=1S/C14H11BrN2O/c15-12-8-11-6-7-17(13(11)16-9-12)14(18)10-4-2-1-3-5-10/h1-5,8-9H,6-7H2. The lowest BCUT2D eigenvalue weighted by Gasteiger charge is -2.16. The summed E-state index contributed by atoms with van der Waals surface area (Å²) in [7, 11) is 0. The van der Waals surface area contributed by atoms with Gasteiger partial charge in [-0.2, -0.15) is 0 Å². The van der Waals surface area contributed by atoms with Gasteiger partial charge in [0.1, 0.15) is 5.82 Å². The van der Waals surface area contributed by atoms with Gasteiger partial charge >= 0.3 is 0 Å². The smallest absolute Gasteiger partial charge is 0.259 e. The van der Waals surface area contributed by atoms with Crippen molar-refractivity contribution in [2.75, 3.05) is 11.4 Å². The number of hydrogen-bond acceptors (Lipinski definition) is 2. The van der Waals surface area contributed by atoms with Crippen LogP contribution in [0.25, 0.3) is 0 Å². The van der Waals surface area contributed by atoms with Crippen LogP contribution in [0, 0.1) is 0 Å². The van der Waals surface area contributed by atoms with Crippen molar-refractivity contribution < 1.29 is 4.79 Å². The van der Waals surface area contributed by atoms with Gasteiger partial charge in [-0.3, -0.25) is 9.69 Å². The molecule has 3 nitrogen and oxygen atoms in total. The average molecular weight is 303 g/mol. The summed E-state index contributed by atoms with van der Waals surface area (Å²) < 4.78 is 0.954. The third kappa shape index (κ3) is 1.93. The van der Waals surface area contributed by atoms with Crippen LogP contribution in [0.2, 0.25) is 0 Å². The molecule has 2 heterocycles. The molecule has 1 aromatic carbocycles. The molecule has 0 fully saturated rings. The molecule has 0 radical (unpaired) electrons. The highest BCUT2D eigenvalue weighted by Crippen LogP contribution is 2.28. The van der Waals surface area contributed by atoms with Gasteiger partial charge in [0.05, 0.1) is 0 Å². The van der Waals surface area contributed by atoms with E-state index in [1.54, 1.807) is 11.1 Å². The summed E-state index contributed by atoms with van der Waals surface area (Å²) in [5.74, 6) is 0.802. The lowest BCUT2D eigenvalue weighted by atomic mass is 10.2. The number of benzene rings is 1. The second-order valence-electron chi connectivity index (χ2n) is 4.21. The normalized spacial score (nSPS) is 13.5. The molecule has 0 saturated carbocycles. The Morgan fingerprint density at radius 1 is 1.28 bits per heavy atom. The number of carbonyl (C=O) groups is 1. The van der Waals surface area contributed by atoms with Crippen LogP contribution in [-0.2, 0) is 6.42 Å². The molecular formula is C14H11BrN2O. The SMILES string of the molecule is O=C(c1ccccc1)N1CCc2cc(Br)cnc21. The number of anilines is 1. The Hall–Kier alpha value is -1.68. The fourth-order valence-corrected chi connectivity index (χ4v) is 2.55. The third-order valence-electron chi connectivity index (χ3n) is 3.04. The van der Waals surface area contributed by atoms with E-state index in [0.29, 0.717) is 12.1 Å². The first-order valence-corrected chi connectivity index (χ1v) is 6.56. The van der Waals surface area contributed by atoms with E-state index in [2.05, 4.69) is 20.9 Å². The number of pyridine rings is 1. The van der Waals surface area contributed by atoms with Crippen LogP contribution >= 0.6 is 15.9 Å². The first kappa shape index (κ1) is 11.4. The lowest BCUT2D eigenvalue weighted by molar-refractivity contribution is 0.0988. The Labute approximate surface area is 114 Å². The van der Waals surface area contributed by atoms with Gasteiger partial charge in [-0.15, -0.1) is 0 Å². The van der Waals surface area contributed by atoms with Crippen molar-refractivity contribution in [3.63, 3.8) is 0 Å². The molecule has 90 valence electrons. The van der Waals surface area contributed by atoms with E-state index in [1.165, 1.54) is 0 Å². The molecule has 0 N–H and O–H groups in total. The van der Waals surface area contributed by atoms with Gasteiger partial charge in [0, 0.05) is 22.8 Å². The van der Waals surface area contributed by atoms with Crippen molar-refractivity contribution in [2.24, 2.45) is 0 Å². The molecule has 0 aliphatic carbocycles. The molecule has 1 aliphatic heterocycles. The number of aromatic nitrogens is 1. The zero-order valence-electron chi connectivity index (χ0n) is 9.64. The first-order chi connectivity index (χ1) is 8.75. The van der Waals surface area contributed by atoms with Crippen molar-refractivity contribution in [3.8, 4) is 0 Å². The van der Waals surface area contributed by atoms with Crippen LogP contribution in [0.3, 0.4) is 0 Å². The Bertz CT molecular complexity index is 598. The van der Waals surface area contributed by atoms with Crippen molar-refractivity contribution in [1.29, 1.82) is 0 Å². The number of rotatable bonds is 1.